The van der Waals surface area contributed by atoms with Gasteiger partial charge in [-0.1, -0.05) is 41.4 Å². The highest BCUT2D eigenvalue weighted by molar-refractivity contribution is 7.89. The number of hydrogen-bond donors (Lipinski definition) is 2. The Balaban J connectivity index is 1.79. The number of benzene rings is 3. The van der Waals surface area contributed by atoms with E-state index in [-0.39, 0.29) is 22.9 Å². The monoisotopic (exact) mass is 535 g/mol. The molecule has 0 aliphatic carbocycles. The molecule has 1 amide bonds. The summed E-state index contributed by atoms with van der Waals surface area (Å²) in [5, 5.41) is 14.9. The SMILES string of the molecule is CCOc1cccc(/C=N\NC(=O)CN(Cc2cccc(Cl)c2)S(=O)(=O)c2ccc(Cl)cc2)c1O. The van der Waals surface area contributed by atoms with E-state index in [1.165, 1.54) is 30.5 Å². The summed E-state index contributed by atoms with van der Waals surface area (Å²) in [5.74, 6) is -0.522. The maximum Gasteiger partial charge on any atom is 0.255 e. The summed E-state index contributed by atoms with van der Waals surface area (Å²) in [4.78, 5) is 12.6. The maximum atomic E-state index is 13.3. The quantitative estimate of drug-likeness (QED) is 0.294. The van der Waals surface area contributed by atoms with Crippen LogP contribution in [0.15, 0.2) is 76.7 Å². The number of halogens is 2. The number of carbonyl (C=O) groups excluding carboxylic acids is 1. The van der Waals surface area contributed by atoms with Gasteiger partial charge >= 0.3 is 0 Å². The van der Waals surface area contributed by atoms with E-state index in [1.807, 2.05) is 0 Å². The van der Waals surface area contributed by atoms with Crippen LogP contribution in [0.4, 0.5) is 0 Å². The largest absolute Gasteiger partial charge is 0.504 e. The number of rotatable bonds is 10. The molecule has 0 unspecified atom stereocenters. The van der Waals surface area contributed by atoms with Gasteiger partial charge in [-0.2, -0.15) is 9.41 Å². The van der Waals surface area contributed by atoms with Crippen LogP contribution in [0.1, 0.15) is 18.1 Å². The summed E-state index contributed by atoms with van der Waals surface area (Å²) in [7, 11) is -4.06. The molecule has 0 aliphatic heterocycles. The van der Waals surface area contributed by atoms with E-state index < -0.39 is 22.5 Å². The summed E-state index contributed by atoms with van der Waals surface area (Å²) in [6, 6.07) is 17.2. The van der Waals surface area contributed by atoms with Gasteiger partial charge in [0.05, 0.1) is 24.3 Å². The van der Waals surface area contributed by atoms with Gasteiger partial charge in [0.2, 0.25) is 10.0 Å². The molecule has 0 heterocycles. The Morgan fingerprint density at radius 2 is 1.80 bits per heavy atom. The van der Waals surface area contributed by atoms with Crippen LogP contribution in [0.5, 0.6) is 11.5 Å². The molecule has 0 fully saturated rings. The second-order valence-corrected chi connectivity index (χ2v) is 10.1. The van der Waals surface area contributed by atoms with E-state index >= 15 is 0 Å². The van der Waals surface area contributed by atoms with Crippen molar-refractivity contribution in [2.24, 2.45) is 5.10 Å². The highest BCUT2D eigenvalue weighted by Gasteiger charge is 2.27. The number of phenolic OH excluding ortho intramolecular Hbond substituents is 1. The maximum absolute atomic E-state index is 13.3. The number of carbonyl (C=O) groups is 1. The topological polar surface area (TPSA) is 108 Å². The summed E-state index contributed by atoms with van der Waals surface area (Å²) in [6.45, 7) is 1.54. The van der Waals surface area contributed by atoms with Crippen LogP contribution in [0, 0.1) is 0 Å². The second-order valence-electron chi connectivity index (χ2n) is 7.28. The van der Waals surface area contributed by atoms with Crippen LogP contribution < -0.4 is 10.2 Å². The Morgan fingerprint density at radius 3 is 2.49 bits per heavy atom. The second kappa shape index (κ2) is 12.0. The van der Waals surface area contributed by atoms with E-state index in [1.54, 1.807) is 49.4 Å². The van der Waals surface area contributed by atoms with Crippen molar-refractivity contribution in [2.45, 2.75) is 18.4 Å². The summed E-state index contributed by atoms with van der Waals surface area (Å²) >= 11 is 11.9. The van der Waals surface area contributed by atoms with Crippen LogP contribution >= 0.6 is 23.2 Å². The predicted octanol–water partition coefficient (Wildman–Crippen LogP) is 4.44. The number of aromatic hydroxyl groups is 1. The average molecular weight is 536 g/mol. The Kier molecular flexibility index (Phi) is 9.11. The molecule has 3 aromatic rings. The van der Waals surface area contributed by atoms with Crippen LogP contribution in [0.2, 0.25) is 10.0 Å². The first kappa shape index (κ1) is 26.5. The molecule has 0 atom stereocenters. The number of ether oxygens (including phenoxy) is 1. The molecule has 8 nitrogen and oxygen atoms in total. The summed E-state index contributed by atoms with van der Waals surface area (Å²) < 4.78 is 32.9. The lowest BCUT2D eigenvalue weighted by molar-refractivity contribution is -0.121. The Labute approximate surface area is 213 Å². The Bertz CT molecular complexity index is 1310. The molecular formula is C24H23Cl2N3O5S. The minimum atomic E-state index is -4.06. The molecule has 184 valence electrons. The Hall–Kier alpha value is -3.11. The number of amides is 1. The van der Waals surface area contributed by atoms with Gasteiger partial charge in [0, 0.05) is 22.2 Å². The number of para-hydroxylation sites is 1. The third-order valence-corrected chi connectivity index (χ3v) is 7.04. The zero-order valence-electron chi connectivity index (χ0n) is 18.7. The molecule has 3 aromatic carbocycles. The van der Waals surface area contributed by atoms with Crippen molar-refractivity contribution in [1.29, 1.82) is 0 Å². The van der Waals surface area contributed by atoms with E-state index in [0.717, 1.165) is 4.31 Å². The summed E-state index contributed by atoms with van der Waals surface area (Å²) in [5.41, 5.74) is 3.22. The van der Waals surface area contributed by atoms with Gasteiger partial charge in [0.15, 0.2) is 11.5 Å². The van der Waals surface area contributed by atoms with Crippen molar-refractivity contribution < 1.29 is 23.1 Å². The number of nitrogens with one attached hydrogen (secondary N) is 1. The highest BCUT2D eigenvalue weighted by Crippen LogP contribution is 2.28. The lowest BCUT2D eigenvalue weighted by atomic mass is 10.2. The van der Waals surface area contributed by atoms with Gasteiger partial charge in [-0.25, -0.2) is 13.8 Å². The zero-order chi connectivity index (χ0) is 25.4. The zero-order valence-corrected chi connectivity index (χ0v) is 21.0. The van der Waals surface area contributed by atoms with Crippen molar-refractivity contribution in [3.63, 3.8) is 0 Å². The van der Waals surface area contributed by atoms with E-state index in [9.17, 15) is 18.3 Å². The molecule has 3 rings (SSSR count). The van der Waals surface area contributed by atoms with Crippen LogP contribution in [0.3, 0.4) is 0 Å². The van der Waals surface area contributed by atoms with Gasteiger partial charge in [-0.05, 0) is 61.0 Å². The standard InChI is InChI=1S/C24H23Cl2N3O5S/c1-2-34-22-8-4-6-18(24(22)31)14-27-28-23(30)16-29(15-17-5-3-7-20(26)13-17)35(32,33)21-11-9-19(25)10-12-21/h3-14,31H,2,15-16H2,1H3,(H,28,30)/b27-14-. The van der Waals surface area contributed by atoms with Gasteiger partial charge in [-0.3, -0.25) is 4.79 Å². The molecule has 35 heavy (non-hydrogen) atoms. The molecule has 11 heteroatoms. The number of nitrogens with zero attached hydrogens (tertiary/aromatic N) is 2. The van der Waals surface area contributed by atoms with E-state index in [4.69, 9.17) is 27.9 Å². The fourth-order valence-electron chi connectivity index (χ4n) is 3.11. The third-order valence-electron chi connectivity index (χ3n) is 4.74. The highest BCUT2D eigenvalue weighted by atomic mass is 35.5. The minimum absolute atomic E-state index is 0.0158. The van der Waals surface area contributed by atoms with E-state index in [2.05, 4.69) is 10.5 Å². The van der Waals surface area contributed by atoms with Gasteiger partial charge in [-0.15, -0.1) is 0 Å². The molecule has 0 aliphatic rings. The minimum Gasteiger partial charge on any atom is -0.504 e. The van der Waals surface area contributed by atoms with Gasteiger partial charge in [0.25, 0.3) is 5.91 Å². The predicted molar refractivity (Wildman–Crippen MR) is 136 cm³/mol. The normalized spacial score (nSPS) is 11.7. The van der Waals surface area contributed by atoms with Gasteiger partial charge in [0.1, 0.15) is 0 Å². The van der Waals surface area contributed by atoms with Gasteiger partial charge < -0.3 is 9.84 Å². The average Bonchev–Trinajstić information content (AvgIpc) is 2.81. The van der Waals surface area contributed by atoms with Crippen molar-refractivity contribution in [1.82, 2.24) is 9.73 Å². The fraction of sp³-hybridized carbons (Fsp3) is 0.167. The first-order chi connectivity index (χ1) is 16.7. The first-order valence-corrected chi connectivity index (χ1v) is 12.7. The number of hydrazone groups is 1. The molecule has 0 spiro atoms. The lowest BCUT2D eigenvalue weighted by Crippen LogP contribution is -2.39. The van der Waals surface area contributed by atoms with Crippen LogP contribution in [0.25, 0.3) is 0 Å². The fourth-order valence-corrected chi connectivity index (χ4v) is 4.83. The molecule has 2 N–H and O–H groups in total. The molecular weight excluding hydrogens is 513 g/mol. The molecule has 0 aromatic heterocycles. The molecule has 0 radical (unpaired) electrons. The molecule has 0 saturated carbocycles. The Morgan fingerprint density at radius 1 is 1.09 bits per heavy atom. The van der Waals surface area contributed by atoms with Crippen LogP contribution in [-0.4, -0.2) is 43.1 Å². The smallest absolute Gasteiger partial charge is 0.255 e. The van der Waals surface area contributed by atoms with E-state index in [0.29, 0.717) is 27.8 Å². The van der Waals surface area contributed by atoms with Crippen molar-refractivity contribution >= 4 is 45.3 Å². The molecule has 0 saturated heterocycles. The van der Waals surface area contributed by atoms with Crippen molar-refractivity contribution in [3.8, 4) is 11.5 Å². The van der Waals surface area contributed by atoms with Crippen molar-refractivity contribution in [3.05, 3.63) is 87.9 Å². The number of phenols is 1. The first-order valence-electron chi connectivity index (χ1n) is 10.5. The molecule has 0 bridgehead atoms. The lowest BCUT2D eigenvalue weighted by Gasteiger charge is -2.21. The van der Waals surface area contributed by atoms with Crippen LogP contribution in [-0.2, 0) is 21.4 Å². The third kappa shape index (κ3) is 7.19. The number of hydrogen-bond acceptors (Lipinski definition) is 6. The summed E-state index contributed by atoms with van der Waals surface area (Å²) in [6.07, 6.45) is 1.24. The van der Waals surface area contributed by atoms with Crippen molar-refractivity contribution in [2.75, 3.05) is 13.2 Å². The number of sulfonamides is 1.